The van der Waals surface area contributed by atoms with Crippen molar-refractivity contribution < 1.29 is 0 Å². The molecule has 0 aliphatic heterocycles. The van der Waals surface area contributed by atoms with Gasteiger partial charge in [0.2, 0.25) is 0 Å². The van der Waals surface area contributed by atoms with Crippen molar-refractivity contribution in [2.45, 2.75) is 36.9 Å². The molecular weight excluding hydrogens is 268 g/mol. The van der Waals surface area contributed by atoms with Crippen LogP contribution in [0.5, 0.6) is 0 Å². The molecule has 0 bridgehead atoms. The number of rotatable bonds is 4. The minimum Gasteiger partial charge on any atom is -0.395 e. The first-order valence-corrected chi connectivity index (χ1v) is 6.93. The molecule has 0 unspecified atom stereocenters. The number of nitrogen functional groups attached to an aromatic ring is 1. The predicted octanol–water partition coefficient (Wildman–Crippen LogP) is 3.38. The molecule has 6 heteroatoms. The number of anilines is 1. The summed E-state index contributed by atoms with van der Waals surface area (Å²) in [5, 5.41) is 6.87. The fourth-order valence-corrected chi connectivity index (χ4v) is 2.61. The summed E-state index contributed by atoms with van der Waals surface area (Å²) in [6.45, 7) is 4.89. The van der Waals surface area contributed by atoms with Crippen molar-refractivity contribution in [2.24, 2.45) is 0 Å². The lowest BCUT2D eigenvalue weighted by Gasteiger charge is -2.06. The van der Waals surface area contributed by atoms with Crippen LogP contribution < -0.4 is 5.73 Å². The summed E-state index contributed by atoms with van der Waals surface area (Å²) >= 11 is 7.33. The molecule has 2 N–H and O–H groups in total. The van der Waals surface area contributed by atoms with E-state index in [1.54, 1.807) is 6.20 Å². The van der Waals surface area contributed by atoms with Crippen LogP contribution in [-0.4, -0.2) is 14.8 Å². The SMILES string of the molecule is CCCn1nc(C)c(N)c1Sc1ccc(Cl)cn1. The average molecular weight is 283 g/mol. The van der Waals surface area contributed by atoms with Crippen molar-refractivity contribution in [3.05, 3.63) is 29.0 Å². The Labute approximate surface area is 116 Å². The molecule has 2 heterocycles. The Bertz CT molecular complexity index is 536. The fraction of sp³-hybridized carbons (Fsp3) is 0.333. The van der Waals surface area contributed by atoms with Gasteiger partial charge in [0, 0.05) is 12.7 Å². The van der Waals surface area contributed by atoms with Crippen LogP contribution in [0.4, 0.5) is 5.69 Å². The molecule has 0 radical (unpaired) electrons. The summed E-state index contributed by atoms with van der Waals surface area (Å²) < 4.78 is 1.94. The Hall–Kier alpha value is -1.20. The average Bonchev–Trinajstić information content (AvgIpc) is 2.60. The van der Waals surface area contributed by atoms with E-state index >= 15 is 0 Å². The molecule has 0 saturated heterocycles. The highest BCUT2D eigenvalue weighted by Gasteiger charge is 2.13. The molecule has 2 aromatic heterocycles. The van der Waals surface area contributed by atoms with Crippen LogP contribution >= 0.6 is 23.4 Å². The predicted molar refractivity (Wildman–Crippen MR) is 75.0 cm³/mol. The molecule has 96 valence electrons. The molecule has 0 spiro atoms. The lowest BCUT2D eigenvalue weighted by molar-refractivity contribution is 0.556. The standard InChI is InChI=1S/C12H15ClN4S/c1-3-6-17-12(11(14)8(2)16-17)18-10-5-4-9(13)7-15-10/h4-5,7H,3,6,14H2,1-2H3. The Morgan fingerprint density at radius 2 is 2.22 bits per heavy atom. The number of hydrogen-bond donors (Lipinski definition) is 1. The summed E-state index contributed by atoms with van der Waals surface area (Å²) in [6, 6.07) is 3.70. The van der Waals surface area contributed by atoms with E-state index < -0.39 is 0 Å². The van der Waals surface area contributed by atoms with Crippen molar-refractivity contribution >= 4 is 29.1 Å². The van der Waals surface area contributed by atoms with Gasteiger partial charge < -0.3 is 5.73 Å². The summed E-state index contributed by atoms with van der Waals surface area (Å²) in [7, 11) is 0. The van der Waals surface area contributed by atoms with E-state index in [1.165, 1.54) is 11.8 Å². The topological polar surface area (TPSA) is 56.7 Å². The van der Waals surface area contributed by atoms with E-state index in [0.29, 0.717) is 5.02 Å². The monoisotopic (exact) mass is 282 g/mol. The molecular formula is C12H15ClN4S. The molecule has 2 rings (SSSR count). The van der Waals surface area contributed by atoms with Crippen molar-refractivity contribution in [3.63, 3.8) is 0 Å². The third-order valence-corrected chi connectivity index (χ3v) is 3.76. The molecule has 0 aliphatic carbocycles. The van der Waals surface area contributed by atoms with Crippen LogP contribution in [0.1, 0.15) is 19.0 Å². The third-order valence-electron chi connectivity index (χ3n) is 2.46. The van der Waals surface area contributed by atoms with Crippen LogP contribution in [-0.2, 0) is 6.54 Å². The van der Waals surface area contributed by atoms with E-state index in [1.807, 2.05) is 23.7 Å². The van der Waals surface area contributed by atoms with Gasteiger partial charge in [-0.3, -0.25) is 4.68 Å². The Morgan fingerprint density at radius 1 is 1.44 bits per heavy atom. The molecule has 4 nitrogen and oxygen atoms in total. The molecule has 0 amide bonds. The van der Waals surface area contributed by atoms with Crippen LogP contribution in [0.25, 0.3) is 0 Å². The molecule has 2 aromatic rings. The number of aryl methyl sites for hydroxylation is 2. The van der Waals surface area contributed by atoms with E-state index in [4.69, 9.17) is 17.3 Å². The minimum absolute atomic E-state index is 0.630. The van der Waals surface area contributed by atoms with Gasteiger partial charge in [-0.15, -0.1) is 0 Å². The highest BCUT2D eigenvalue weighted by Crippen LogP contribution is 2.33. The number of nitrogens with two attached hydrogens (primary N) is 1. The molecule has 0 fully saturated rings. The van der Waals surface area contributed by atoms with Gasteiger partial charge in [0.25, 0.3) is 0 Å². The summed E-state index contributed by atoms with van der Waals surface area (Å²) in [5.74, 6) is 0. The molecule has 0 aromatic carbocycles. The van der Waals surface area contributed by atoms with Crippen molar-refractivity contribution in [3.8, 4) is 0 Å². The van der Waals surface area contributed by atoms with E-state index in [0.717, 1.165) is 34.4 Å². The van der Waals surface area contributed by atoms with E-state index in [9.17, 15) is 0 Å². The van der Waals surface area contributed by atoms with Gasteiger partial charge in [0.05, 0.1) is 16.4 Å². The molecule has 18 heavy (non-hydrogen) atoms. The normalized spacial score (nSPS) is 10.8. The first-order valence-electron chi connectivity index (χ1n) is 5.74. The quantitative estimate of drug-likeness (QED) is 0.934. The second kappa shape index (κ2) is 5.63. The number of pyridine rings is 1. The number of aromatic nitrogens is 3. The fourth-order valence-electron chi connectivity index (χ4n) is 1.57. The first-order chi connectivity index (χ1) is 8.61. The molecule has 0 atom stereocenters. The Kier molecular flexibility index (Phi) is 4.14. The van der Waals surface area contributed by atoms with Crippen molar-refractivity contribution in [2.75, 3.05) is 5.73 Å². The van der Waals surface area contributed by atoms with E-state index in [2.05, 4.69) is 17.0 Å². The smallest absolute Gasteiger partial charge is 0.123 e. The Morgan fingerprint density at radius 3 is 2.83 bits per heavy atom. The van der Waals surface area contributed by atoms with Gasteiger partial charge >= 0.3 is 0 Å². The molecule has 0 saturated carbocycles. The van der Waals surface area contributed by atoms with Gasteiger partial charge in [0.1, 0.15) is 10.1 Å². The Balaban J connectivity index is 2.30. The number of nitrogens with zero attached hydrogens (tertiary/aromatic N) is 3. The maximum absolute atomic E-state index is 6.05. The lowest BCUT2D eigenvalue weighted by atomic mass is 10.4. The summed E-state index contributed by atoms with van der Waals surface area (Å²) in [6.07, 6.45) is 2.65. The van der Waals surface area contributed by atoms with Crippen LogP contribution in [0, 0.1) is 6.92 Å². The second-order valence-electron chi connectivity index (χ2n) is 3.94. The number of halogens is 1. The second-order valence-corrected chi connectivity index (χ2v) is 5.39. The number of hydrogen-bond acceptors (Lipinski definition) is 4. The van der Waals surface area contributed by atoms with Crippen LogP contribution in [0.2, 0.25) is 5.02 Å². The zero-order valence-electron chi connectivity index (χ0n) is 10.4. The van der Waals surface area contributed by atoms with Gasteiger partial charge in [0.15, 0.2) is 0 Å². The highest BCUT2D eigenvalue weighted by molar-refractivity contribution is 7.99. The van der Waals surface area contributed by atoms with Gasteiger partial charge in [-0.25, -0.2) is 4.98 Å². The summed E-state index contributed by atoms with van der Waals surface area (Å²) in [5.41, 5.74) is 7.64. The zero-order valence-corrected chi connectivity index (χ0v) is 11.9. The molecule has 0 aliphatic rings. The van der Waals surface area contributed by atoms with Crippen molar-refractivity contribution in [1.29, 1.82) is 0 Å². The summed E-state index contributed by atoms with van der Waals surface area (Å²) in [4.78, 5) is 4.26. The van der Waals surface area contributed by atoms with Crippen molar-refractivity contribution in [1.82, 2.24) is 14.8 Å². The van der Waals surface area contributed by atoms with Crippen LogP contribution in [0.15, 0.2) is 28.4 Å². The van der Waals surface area contributed by atoms with Gasteiger partial charge in [-0.1, -0.05) is 18.5 Å². The van der Waals surface area contributed by atoms with Gasteiger partial charge in [-0.2, -0.15) is 5.10 Å². The lowest BCUT2D eigenvalue weighted by Crippen LogP contribution is -2.01. The minimum atomic E-state index is 0.630. The highest BCUT2D eigenvalue weighted by atomic mass is 35.5. The van der Waals surface area contributed by atoms with Gasteiger partial charge in [-0.05, 0) is 37.2 Å². The van der Waals surface area contributed by atoms with Crippen LogP contribution in [0.3, 0.4) is 0 Å². The zero-order chi connectivity index (χ0) is 13.1. The first kappa shape index (κ1) is 13.2. The van der Waals surface area contributed by atoms with E-state index in [-0.39, 0.29) is 0 Å². The maximum atomic E-state index is 6.05. The maximum Gasteiger partial charge on any atom is 0.123 e. The third kappa shape index (κ3) is 2.79. The largest absolute Gasteiger partial charge is 0.395 e.